The minimum atomic E-state index is -5.04. The molecule has 0 heterocycles. The molecule has 1 unspecified atom stereocenters. The maximum Gasteiger partial charge on any atom is 0.418 e. The van der Waals surface area contributed by atoms with Crippen molar-refractivity contribution in [1.82, 2.24) is 0 Å². The fraction of sp³-hybridized carbons (Fsp3) is 0.500. The van der Waals surface area contributed by atoms with Gasteiger partial charge in [-0.1, -0.05) is 0 Å². The number of hydrogen-bond donors (Lipinski definition) is 2. The third kappa shape index (κ3) is 4.57. The zero-order chi connectivity index (χ0) is 17.1. The Hall–Kier alpha value is -1.35. The average molecular weight is 352 g/mol. The quantitative estimate of drug-likeness (QED) is 0.627. The summed E-state index contributed by atoms with van der Waals surface area (Å²) in [6, 6.07) is 0.433. The maximum atomic E-state index is 13.0. The number of halogens is 7. The van der Waals surface area contributed by atoms with E-state index >= 15 is 0 Å². The highest BCUT2D eigenvalue weighted by molar-refractivity contribution is 6.18. The van der Waals surface area contributed by atoms with Crippen molar-refractivity contribution in [2.45, 2.75) is 18.5 Å². The second-order valence-corrected chi connectivity index (χ2v) is 4.59. The van der Waals surface area contributed by atoms with E-state index < -0.39 is 41.0 Å². The van der Waals surface area contributed by atoms with Gasteiger partial charge in [-0.05, 0) is 12.1 Å². The van der Waals surface area contributed by atoms with Crippen LogP contribution < -0.4 is 10.1 Å². The smallest absolute Gasteiger partial charge is 0.418 e. The molecule has 126 valence electrons. The van der Waals surface area contributed by atoms with Gasteiger partial charge in [0.05, 0.1) is 35.9 Å². The SMILES string of the molecule is COc1cc(C(F)(F)F)cc(C(F)(F)F)c1NCC(O)CCl. The molecule has 0 bridgehead atoms. The van der Waals surface area contributed by atoms with Gasteiger partial charge in [-0.2, -0.15) is 26.3 Å². The van der Waals surface area contributed by atoms with Gasteiger partial charge in [0.2, 0.25) is 0 Å². The van der Waals surface area contributed by atoms with E-state index in [0.717, 1.165) is 7.11 Å². The zero-order valence-electron chi connectivity index (χ0n) is 11.1. The Morgan fingerprint density at radius 2 is 1.77 bits per heavy atom. The Bertz CT molecular complexity index is 518. The summed E-state index contributed by atoms with van der Waals surface area (Å²) in [5.74, 6) is -0.888. The summed E-state index contributed by atoms with van der Waals surface area (Å²) in [5, 5.41) is 11.5. The fourth-order valence-corrected chi connectivity index (χ4v) is 1.73. The van der Waals surface area contributed by atoms with Gasteiger partial charge >= 0.3 is 12.4 Å². The molecule has 0 fully saturated rings. The maximum absolute atomic E-state index is 13.0. The summed E-state index contributed by atoms with van der Waals surface area (Å²) in [5.41, 5.74) is -3.71. The van der Waals surface area contributed by atoms with E-state index in [4.69, 9.17) is 11.6 Å². The van der Waals surface area contributed by atoms with Crippen molar-refractivity contribution in [3.05, 3.63) is 23.3 Å². The normalized spacial score (nSPS) is 13.9. The predicted octanol–water partition coefficient (Wildman–Crippen LogP) is 3.74. The molecule has 1 rings (SSSR count). The van der Waals surface area contributed by atoms with Gasteiger partial charge < -0.3 is 15.2 Å². The van der Waals surface area contributed by atoms with Crippen molar-refractivity contribution in [2.75, 3.05) is 24.9 Å². The molecule has 0 aliphatic heterocycles. The molecule has 0 spiro atoms. The van der Waals surface area contributed by atoms with E-state index in [2.05, 4.69) is 10.1 Å². The number of aliphatic hydroxyl groups is 1. The third-order valence-electron chi connectivity index (χ3n) is 2.65. The molecule has 0 aliphatic rings. The highest BCUT2D eigenvalue weighted by Gasteiger charge is 2.40. The number of ether oxygens (including phenoxy) is 1. The number of aliphatic hydroxyl groups excluding tert-OH is 1. The van der Waals surface area contributed by atoms with Gasteiger partial charge in [0.25, 0.3) is 0 Å². The van der Waals surface area contributed by atoms with E-state index in [1.54, 1.807) is 0 Å². The largest absolute Gasteiger partial charge is 0.495 e. The Labute approximate surface area is 126 Å². The van der Waals surface area contributed by atoms with Crippen LogP contribution in [-0.4, -0.2) is 30.7 Å². The molecule has 3 nitrogen and oxygen atoms in total. The second kappa shape index (κ2) is 6.82. The zero-order valence-corrected chi connectivity index (χ0v) is 11.9. The Morgan fingerprint density at radius 1 is 1.18 bits per heavy atom. The van der Waals surface area contributed by atoms with E-state index in [0.29, 0.717) is 6.07 Å². The highest BCUT2D eigenvalue weighted by atomic mass is 35.5. The van der Waals surface area contributed by atoms with Crippen LogP contribution >= 0.6 is 11.6 Å². The van der Waals surface area contributed by atoms with Crippen LogP contribution in [0.25, 0.3) is 0 Å². The predicted molar refractivity (Wildman–Crippen MR) is 68.2 cm³/mol. The monoisotopic (exact) mass is 351 g/mol. The van der Waals surface area contributed by atoms with Crippen molar-refractivity contribution >= 4 is 17.3 Å². The topological polar surface area (TPSA) is 41.5 Å². The van der Waals surface area contributed by atoms with E-state index in [-0.39, 0.29) is 18.5 Å². The Balaban J connectivity index is 3.39. The lowest BCUT2D eigenvalue weighted by atomic mass is 10.1. The van der Waals surface area contributed by atoms with Crippen molar-refractivity contribution in [3.63, 3.8) is 0 Å². The van der Waals surface area contributed by atoms with Crippen LogP contribution in [0.3, 0.4) is 0 Å². The molecule has 2 N–H and O–H groups in total. The van der Waals surface area contributed by atoms with Crippen LogP contribution in [0, 0.1) is 0 Å². The van der Waals surface area contributed by atoms with Gasteiger partial charge in [-0.25, -0.2) is 0 Å². The van der Waals surface area contributed by atoms with Gasteiger partial charge in [-0.3, -0.25) is 0 Å². The minimum Gasteiger partial charge on any atom is -0.495 e. The van der Waals surface area contributed by atoms with Crippen molar-refractivity contribution < 1.29 is 36.2 Å². The second-order valence-electron chi connectivity index (χ2n) is 4.29. The number of anilines is 1. The Morgan fingerprint density at radius 3 is 2.18 bits per heavy atom. The first-order valence-corrected chi connectivity index (χ1v) is 6.38. The minimum absolute atomic E-state index is 0.0159. The van der Waals surface area contributed by atoms with Crippen molar-refractivity contribution in [1.29, 1.82) is 0 Å². The number of methoxy groups -OCH3 is 1. The molecule has 0 saturated carbocycles. The summed E-state index contributed by atoms with van der Waals surface area (Å²) >= 11 is 5.31. The van der Waals surface area contributed by atoms with E-state index in [1.807, 2.05) is 0 Å². The van der Waals surface area contributed by atoms with Crippen LogP contribution in [0.15, 0.2) is 12.1 Å². The number of benzene rings is 1. The van der Waals surface area contributed by atoms with E-state index in [1.165, 1.54) is 0 Å². The molecule has 0 radical (unpaired) electrons. The van der Waals surface area contributed by atoms with Gasteiger partial charge in [0.15, 0.2) is 0 Å². The standard InChI is InChI=1S/C12H12ClF6NO2/c1-22-9-3-6(11(14,15)16)2-8(12(17,18)19)10(9)20-5-7(21)4-13/h2-3,7,20-21H,4-5H2,1H3. The van der Waals surface area contributed by atoms with Crippen LogP contribution in [0.1, 0.15) is 11.1 Å². The lowest BCUT2D eigenvalue weighted by molar-refractivity contribution is -0.142. The molecule has 0 aliphatic carbocycles. The van der Waals surface area contributed by atoms with Gasteiger partial charge in [0, 0.05) is 6.54 Å². The summed E-state index contributed by atoms with van der Waals surface area (Å²) in [4.78, 5) is 0. The molecule has 22 heavy (non-hydrogen) atoms. The first-order valence-electron chi connectivity index (χ1n) is 5.85. The number of rotatable bonds is 5. The molecule has 1 atom stereocenters. The third-order valence-corrected chi connectivity index (χ3v) is 3.00. The summed E-state index contributed by atoms with van der Waals surface area (Å²) < 4.78 is 81.6. The molecule has 10 heteroatoms. The molecular formula is C12H12ClF6NO2. The first-order chi connectivity index (χ1) is 10.0. The van der Waals surface area contributed by atoms with E-state index in [9.17, 15) is 31.4 Å². The molecule has 1 aromatic rings. The summed E-state index contributed by atoms with van der Waals surface area (Å²) in [7, 11) is 0.943. The Kier molecular flexibility index (Phi) is 5.80. The molecule has 0 aromatic heterocycles. The molecular weight excluding hydrogens is 340 g/mol. The fourth-order valence-electron chi connectivity index (χ4n) is 1.62. The number of nitrogens with one attached hydrogen (secondary N) is 1. The molecule has 1 aromatic carbocycles. The van der Waals surface area contributed by atoms with Gasteiger partial charge in [-0.15, -0.1) is 11.6 Å². The van der Waals surface area contributed by atoms with Crippen LogP contribution in [0.4, 0.5) is 32.0 Å². The highest BCUT2D eigenvalue weighted by Crippen LogP contribution is 2.44. The molecule has 0 saturated heterocycles. The number of hydrogen-bond acceptors (Lipinski definition) is 3. The lowest BCUT2D eigenvalue weighted by Gasteiger charge is -2.21. The van der Waals surface area contributed by atoms with Crippen LogP contribution in [0.5, 0.6) is 5.75 Å². The van der Waals surface area contributed by atoms with Crippen LogP contribution in [-0.2, 0) is 12.4 Å². The lowest BCUT2D eigenvalue weighted by Crippen LogP contribution is -2.23. The summed E-state index contributed by atoms with van der Waals surface area (Å²) in [6.45, 7) is -0.381. The summed E-state index contributed by atoms with van der Waals surface area (Å²) in [6.07, 6.45) is -11.2. The van der Waals surface area contributed by atoms with Gasteiger partial charge in [0.1, 0.15) is 5.75 Å². The average Bonchev–Trinajstić information content (AvgIpc) is 2.41. The van der Waals surface area contributed by atoms with Crippen molar-refractivity contribution in [3.8, 4) is 5.75 Å². The molecule has 0 amide bonds. The van der Waals surface area contributed by atoms with Crippen LogP contribution in [0.2, 0.25) is 0 Å². The van der Waals surface area contributed by atoms with Crippen molar-refractivity contribution in [2.24, 2.45) is 0 Å². The first kappa shape index (κ1) is 18.7. The number of alkyl halides is 7.